The molecule has 0 saturated heterocycles. The monoisotopic (exact) mass is 468 g/mol. The maximum atomic E-state index is 13.5. The summed E-state index contributed by atoms with van der Waals surface area (Å²) in [5.74, 6) is -0.340. The second-order valence-corrected chi connectivity index (χ2v) is 8.36. The van der Waals surface area contributed by atoms with Crippen LogP contribution < -0.4 is 5.32 Å². The zero-order valence-corrected chi connectivity index (χ0v) is 19.4. The summed E-state index contributed by atoms with van der Waals surface area (Å²) in [7, 11) is 0. The van der Waals surface area contributed by atoms with Crippen LogP contribution in [0, 0.1) is 0 Å². The summed E-state index contributed by atoms with van der Waals surface area (Å²) in [4.78, 5) is 28.3. The van der Waals surface area contributed by atoms with Gasteiger partial charge < -0.3 is 10.2 Å². The summed E-state index contributed by atoms with van der Waals surface area (Å²) in [5.41, 5.74) is 2.60. The lowest BCUT2D eigenvalue weighted by atomic mass is 10.0. The van der Waals surface area contributed by atoms with Gasteiger partial charge in [-0.15, -0.1) is 0 Å². The highest BCUT2D eigenvalue weighted by Gasteiger charge is 2.30. The van der Waals surface area contributed by atoms with Gasteiger partial charge in [0.1, 0.15) is 6.04 Å². The Labute approximate surface area is 199 Å². The van der Waals surface area contributed by atoms with Crippen molar-refractivity contribution in [2.24, 2.45) is 0 Å². The predicted molar refractivity (Wildman–Crippen MR) is 130 cm³/mol. The first-order valence-electron chi connectivity index (χ1n) is 10.6. The molecule has 3 aromatic rings. The molecule has 0 fully saturated rings. The molecule has 3 aromatic carbocycles. The van der Waals surface area contributed by atoms with Crippen LogP contribution in [0.2, 0.25) is 10.0 Å². The van der Waals surface area contributed by atoms with Crippen LogP contribution in [0.1, 0.15) is 23.6 Å². The first kappa shape index (κ1) is 23.8. The average Bonchev–Trinajstić information content (AvgIpc) is 2.79. The molecule has 0 spiro atoms. The molecule has 0 radical (unpaired) electrons. The Hall–Kier alpha value is -2.82. The lowest BCUT2D eigenvalue weighted by Crippen LogP contribution is -2.51. The number of hydrogen-bond acceptors (Lipinski definition) is 2. The molecule has 2 amide bonds. The molecule has 6 heteroatoms. The van der Waals surface area contributed by atoms with Crippen molar-refractivity contribution in [2.75, 3.05) is 6.54 Å². The van der Waals surface area contributed by atoms with E-state index >= 15 is 0 Å². The Morgan fingerprint density at radius 1 is 0.875 bits per heavy atom. The predicted octanol–water partition coefficient (Wildman–Crippen LogP) is 5.31. The number of amides is 2. The molecule has 0 aliphatic heterocycles. The van der Waals surface area contributed by atoms with E-state index in [0.717, 1.165) is 16.7 Å². The molecular weight excluding hydrogens is 443 g/mol. The molecule has 0 unspecified atom stereocenters. The Balaban J connectivity index is 1.95. The molecule has 0 bridgehead atoms. The minimum Gasteiger partial charge on any atom is -0.355 e. The average molecular weight is 469 g/mol. The number of hydrogen-bond donors (Lipinski definition) is 1. The summed E-state index contributed by atoms with van der Waals surface area (Å²) in [6.45, 7) is 2.58. The molecule has 32 heavy (non-hydrogen) atoms. The van der Waals surface area contributed by atoms with E-state index in [1.165, 1.54) is 0 Å². The van der Waals surface area contributed by atoms with E-state index in [4.69, 9.17) is 23.2 Å². The van der Waals surface area contributed by atoms with Crippen LogP contribution in [0.4, 0.5) is 0 Å². The van der Waals surface area contributed by atoms with Crippen LogP contribution in [0.3, 0.4) is 0 Å². The molecule has 4 nitrogen and oxygen atoms in total. The molecule has 0 aromatic heterocycles. The number of rotatable bonds is 9. The van der Waals surface area contributed by atoms with E-state index in [1.54, 1.807) is 23.1 Å². The zero-order valence-electron chi connectivity index (χ0n) is 17.9. The first-order chi connectivity index (χ1) is 15.5. The van der Waals surface area contributed by atoms with Crippen LogP contribution in [0.5, 0.6) is 0 Å². The first-order valence-corrected chi connectivity index (χ1v) is 11.3. The molecule has 1 atom stereocenters. The fourth-order valence-electron chi connectivity index (χ4n) is 3.53. The molecule has 1 N–H and O–H groups in total. The largest absolute Gasteiger partial charge is 0.355 e. The third-order valence-corrected chi connectivity index (χ3v) is 5.81. The standard InChI is InChI=1S/C26H26Cl2N2O2/c1-2-29-26(32)24(16-19-8-4-3-5-9-19)30(18-21-10-6-7-11-23(21)28)25(31)17-20-12-14-22(27)15-13-20/h3-15,24H,2,16-18H2,1H3,(H,29,32)/t24-/m1/s1. The molecular formula is C26H26Cl2N2O2. The van der Waals surface area contributed by atoms with Crippen molar-refractivity contribution < 1.29 is 9.59 Å². The Morgan fingerprint density at radius 3 is 2.19 bits per heavy atom. The highest BCUT2D eigenvalue weighted by atomic mass is 35.5. The van der Waals surface area contributed by atoms with Gasteiger partial charge in [-0.3, -0.25) is 9.59 Å². The maximum Gasteiger partial charge on any atom is 0.243 e. The number of carbonyl (C=O) groups excluding carboxylic acids is 2. The summed E-state index contributed by atoms with van der Waals surface area (Å²) in [5, 5.41) is 4.06. The van der Waals surface area contributed by atoms with E-state index in [-0.39, 0.29) is 24.8 Å². The van der Waals surface area contributed by atoms with Crippen LogP contribution in [0.15, 0.2) is 78.9 Å². The van der Waals surface area contributed by atoms with Gasteiger partial charge >= 0.3 is 0 Å². The number of nitrogens with one attached hydrogen (secondary N) is 1. The highest BCUT2D eigenvalue weighted by Crippen LogP contribution is 2.21. The second-order valence-electron chi connectivity index (χ2n) is 7.52. The normalized spacial score (nSPS) is 11.6. The smallest absolute Gasteiger partial charge is 0.243 e. The van der Waals surface area contributed by atoms with Gasteiger partial charge in [-0.25, -0.2) is 0 Å². The molecule has 3 rings (SSSR count). The maximum absolute atomic E-state index is 13.5. The summed E-state index contributed by atoms with van der Waals surface area (Å²) in [6.07, 6.45) is 0.565. The molecule has 0 aliphatic rings. The minimum absolute atomic E-state index is 0.153. The van der Waals surface area contributed by atoms with Crippen molar-refractivity contribution in [2.45, 2.75) is 32.4 Å². The van der Waals surface area contributed by atoms with Crippen LogP contribution >= 0.6 is 23.2 Å². The molecule has 0 aliphatic carbocycles. The lowest BCUT2D eigenvalue weighted by Gasteiger charge is -2.32. The number of nitrogens with zero attached hydrogens (tertiary/aromatic N) is 1. The van der Waals surface area contributed by atoms with Gasteiger partial charge in [0.15, 0.2) is 0 Å². The molecule has 0 heterocycles. The second kappa shape index (κ2) is 11.7. The van der Waals surface area contributed by atoms with Gasteiger partial charge in [0.25, 0.3) is 0 Å². The van der Waals surface area contributed by atoms with Crippen molar-refractivity contribution in [3.8, 4) is 0 Å². The zero-order chi connectivity index (χ0) is 22.9. The van der Waals surface area contributed by atoms with Crippen LogP contribution in [0.25, 0.3) is 0 Å². The van der Waals surface area contributed by atoms with E-state index in [2.05, 4.69) is 5.32 Å². The van der Waals surface area contributed by atoms with E-state index in [9.17, 15) is 9.59 Å². The van der Waals surface area contributed by atoms with E-state index < -0.39 is 6.04 Å². The lowest BCUT2D eigenvalue weighted by molar-refractivity contribution is -0.140. The van der Waals surface area contributed by atoms with Crippen molar-refractivity contribution in [1.29, 1.82) is 0 Å². The van der Waals surface area contributed by atoms with Crippen molar-refractivity contribution in [3.63, 3.8) is 0 Å². The van der Waals surface area contributed by atoms with Gasteiger partial charge in [0.05, 0.1) is 6.42 Å². The van der Waals surface area contributed by atoms with Gasteiger partial charge in [-0.1, -0.05) is 83.9 Å². The third-order valence-electron chi connectivity index (χ3n) is 5.19. The Bertz CT molecular complexity index is 1040. The van der Waals surface area contributed by atoms with Crippen molar-refractivity contribution in [1.82, 2.24) is 10.2 Å². The molecule has 0 saturated carbocycles. The van der Waals surface area contributed by atoms with Gasteiger partial charge in [0, 0.05) is 29.6 Å². The summed E-state index contributed by atoms with van der Waals surface area (Å²) < 4.78 is 0. The quantitative estimate of drug-likeness (QED) is 0.462. The fraction of sp³-hybridized carbons (Fsp3) is 0.231. The third kappa shape index (κ3) is 6.59. The summed E-state index contributed by atoms with van der Waals surface area (Å²) >= 11 is 12.4. The topological polar surface area (TPSA) is 49.4 Å². The van der Waals surface area contributed by atoms with Gasteiger partial charge in [0.2, 0.25) is 11.8 Å². The fourth-order valence-corrected chi connectivity index (χ4v) is 3.86. The highest BCUT2D eigenvalue weighted by molar-refractivity contribution is 6.31. The minimum atomic E-state index is -0.673. The number of likely N-dealkylation sites (N-methyl/N-ethyl adjacent to an activating group) is 1. The van der Waals surface area contributed by atoms with Crippen molar-refractivity contribution >= 4 is 35.0 Å². The number of halogens is 2. The van der Waals surface area contributed by atoms with Gasteiger partial charge in [-0.05, 0) is 41.8 Å². The molecule has 166 valence electrons. The summed E-state index contributed by atoms with van der Waals surface area (Å²) in [6, 6.07) is 23.6. The Kier molecular flexibility index (Phi) is 8.72. The van der Waals surface area contributed by atoms with Crippen LogP contribution in [-0.4, -0.2) is 29.3 Å². The Morgan fingerprint density at radius 2 is 1.53 bits per heavy atom. The SMILES string of the molecule is CCNC(=O)[C@@H](Cc1ccccc1)N(Cc1ccccc1Cl)C(=O)Cc1ccc(Cl)cc1. The van der Waals surface area contributed by atoms with Gasteiger partial charge in [-0.2, -0.15) is 0 Å². The van der Waals surface area contributed by atoms with E-state index in [1.807, 2.05) is 67.6 Å². The van der Waals surface area contributed by atoms with Crippen LogP contribution in [-0.2, 0) is 29.0 Å². The van der Waals surface area contributed by atoms with Crippen molar-refractivity contribution in [3.05, 3.63) is 106 Å². The van der Waals surface area contributed by atoms with E-state index in [0.29, 0.717) is 23.0 Å². The number of benzene rings is 3. The number of carbonyl (C=O) groups is 2.